The Bertz CT molecular complexity index is 687. The number of hydrogen-bond acceptors (Lipinski definition) is 4. The first-order valence-electron chi connectivity index (χ1n) is 9.99. The fourth-order valence-electron chi connectivity index (χ4n) is 3.26. The summed E-state index contributed by atoms with van der Waals surface area (Å²) in [6.07, 6.45) is 2.72. The molecule has 0 aliphatic carbocycles. The highest BCUT2D eigenvalue weighted by Gasteiger charge is 2.21. The van der Waals surface area contributed by atoms with Crippen molar-refractivity contribution < 1.29 is 8.42 Å². The van der Waals surface area contributed by atoms with E-state index < -0.39 is 9.84 Å². The van der Waals surface area contributed by atoms with E-state index in [0.29, 0.717) is 29.9 Å². The van der Waals surface area contributed by atoms with Gasteiger partial charge in [0.25, 0.3) is 0 Å². The first-order valence-corrected chi connectivity index (χ1v) is 11.6. The molecule has 2 N–H and O–H groups in total. The lowest BCUT2D eigenvalue weighted by Crippen LogP contribution is -2.49. The normalized spacial score (nSPS) is 16.6. The van der Waals surface area contributed by atoms with Crippen LogP contribution in [0, 0.1) is 0 Å². The number of nitrogens with zero attached hydrogens (tertiary/aromatic N) is 2. The zero-order valence-corrected chi connectivity index (χ0v) is 20.4. The Morgan fingerprint density at radius 2 is 1.86 bits per heavy atom. The Morgan fingerprint density at radius 1 is 1.21 bits per heavy atom. The number of aliphatic imine (C=N–C) groups is 1. The fourth-order valence-corrected chi connectivity index (χ4v) is 4.58. The summed E-state index contributed by atoms with van der Waals surface area (Å²) in [5.41, 5.74) is 0. The molecule has 0 saturated carbocycles. The smallest absolute Gasteiger partial charge is 0.191 e. The standard InChI is InChI=1S/C20H34N4O2S.HI/c1-4-21-20(23-18-11-14-24(15-12-18)17(2)3)22-13-8-16-27(25,26)19-9-6-5-7-10-19;/h5-7,9-10,17-18H,4,8,11-16H2,1-3H3,(H2,21,22,23);1H. The predicted molar refractivity (Wildman–Crippen MR) is 127 cm³/mol. The summed E-state index contributed by atoms with van der Waals surface area (Å²) in [4.78, 5) is 7.46. The molecular formula is C20H35IN4O2S. The number of sulfone groups is 1. The number of guanidine groups is 1. The van der Waals surface area contributed by atoms with E-state index in [1.807, 2.05) is 13.0 Å². The largest absolute Gasteiger partial charge is 0.357 e. The Morgan fingerprint density at radius 3 is 2.43 bits per heavy atom. The zero-order chi connectivity index (χ0) is 19.7. The maximum atomic E-state index is 12.3. The van der Waals surface area contributed by atoms with E-state index in [0.717, 1.165) is 38.4 Å². The van der Waals surface area contributed by atoms with Crippen LogP contribution in [0.5, 0.6) is 0 Å². The van der Waals surface area contributed by atoms with Gasteiger partial charge >= 0.3 is 0 Å². The molecule has 2 rings (SSSR count). The lowest BCUT2D eigenvalue weighted by atomic mass is 10.0. The van der Waals surface area contributed by atoms with Crippen molar-refractivity contribution in [2.24, 2.45) is 4.99 Å². The summed E-state index contributed by atoms with van der Waals surface area (Å²) in [7, 11) is -3.23. The van der Waals surface area contributed by atoms with E-state index in [4.69, 9.17) is 0 Å². The van der Waals surface area contributed by atoms with Crippen molar-refractivity contribution >= 4 is 39.8 Å². The van der Waals surface area contributed by atoms with Crippen LogP contribution in [-0.4, -0.2) is 63.3 Å². The molecule has 0 bridgehead atoms. The predicted octanol–water partition coefficient (Wildman–Crippen LogP) is 2.90. The first-order chi connectivity index (χ1) is 12.9. The Kier molecular flexibility index (Phi) is 11.4. The van der Waals surface area contributed by atoms with Crippen molar-refractivity contribution in [3.05, 3.63) is 30.3 Å². The van der Waals surface area contributed by atoms with Gasteiger partial charge in [-0.1, -0.05) is 18.2 Å². The quantitative estimate of drug-likeness (QED) is 0.238. The van der Waals surface area contributed by atoms with E-state index in [1.54, 1.807) is 24.3 Å². The minimum absolute atomic E-state index is 0. The highest BCUT2D eigenvalue weighted by molar-refractivity contribution is 14.0. The van der Waals surface area contributed by atoms with Gasteiger partial charge in [0.05, 0.1) is 10.6 Å². The maximum absolute atomic E-state index is 12.3. The molecule has 1 aliphatic rings. The number of likely N-dealkylation sites (tertiary alicyclic amines) is 1. The second-order valence-corrected chi connectivity index (χ2v) is 9.40. The third kappa shape index (κ3) is 8.24. The third-order valence-electron chi connectivity index (χ3n) is 4.89. The molecule has 0 radical (unpaired) electrons. The van der Waals surface area contributed by atoms with E-state index in [-0.39, 0.29) is 29.7 Å². The fraction of sp³-hybridized carbons (Fsp3) is 0.650. The van der Waals surface area contributed by atoms with Gasteiger partial charge in [-0.15, -0.1) is 24.0 Å². The van der Waals surface area contributed by atoms with Crippen molar-refractivity contribution in [3.8, 4) is 0 Å². The lowest BCUT2D eigenvalue weighted by Gasteiger charge is -2.35. The molecule has 160 valence electrons. The minimum atomic E-state index is -3.23. The number of halogens is 1. The van der Waals surface area contributed by atoms with Gasteiger partial charge in [0.2, 0.25) is 0 Å². The monoisotopic (exact) mass is 522 g/mol. The minimum Gasteiger partial charge on any atom is -0.357 e. The number of rotatable bonds is 8. The summed E-state index contributed by atoms with van der Waals surface area (Å²) in [5.74, 6) is 0.907. The van der Waals surface area contributed by atoms with Crippen molar-refractivity contribution in [2.75, 3.05) is 31.9 Å². The summed E-state index contributed by atoms with van der Waals surface area (Å²) >= 11 is 0. The molecule has 1 fully saturated rings. The van der Waals surface area contributed by atoms with Gasteiger partial charge in [0.1, 0.15) is 0 Å². The van der Waals surface area contributed by atoms with Gasteiger partial charge in [-0.25, -0.2) is 8.42 Å². The number of benzene rings is 1. The summed E-state index contributed by atoms with van der Waals surface area (Å²) < 4.78 is 24.6. The molecule has 0 unspecified atom stereocenters. The number of hydrogen-bond donors (Lipinski definition) is 2. The molecule has 1 aromatic rings. The van der Waals surface area contributed by atoms with Gasteiger partial charge in [-0.05, 0) is 52.2 Å². The molecule has 28 heavy (non-hydrogen) atoms. The molecule has 8 heteroatoms. The average molecular weight is 522 g/mol. The van der Waals surface area contributed by atoms with Gasteiger partial charge in [-0.3, -0.25) is 4.99 Å². The van der Waals surface area contributed by atoms with Crippen LogP contribution in [0.15, 0.2) is 40.2 Å². The molecule has 0 amide bonds. The van der Waals surface area contributed by atoms with Crippen molar-refractivity contribution in [2.45, 2.75) is 57.0 Å². The third-order valence-corrected chi connectivity index (χ3v) is 6.70. The second kappa shape index (κ2) is 12.6. The van der Waals surface area contributed by atoms with Crippen LogP contribution in [0.3, 0.4) is 0 Å². The van der Waals surface area contributed by atoms with E-state index in [1.165, 1.54) is 0 Å². The van der Waals surface area contributed by atoms with Crippen LogP contribution in [0.25, 0.3) is 0 Å². The molecule has 6 nitrogen and oxygen atoms in total. The first kappa shape index (κ1) is 25.2. The van der Waals surface area contributed by atoms with E-state index in [2.05, 4.69) is 34.4 Å². The van der Waals surface area contributed by atoms with Crippen LogP contribution in [0.1, 0.15) is 40.0 Å². The Hall–Kier alpha value is -0.870. The number of nitrogens with one attached hydrogen (secondary N) is 2. The van der Waals surface area contributed by atoms with E-state index in [9.17, 15) is 8.42 Å². The average Bonchev–Trinajstić information content (AvgIpc) is 2.66. The number of piperidine rings is 1. The van der Waals surface area contributed by atoms with Crippen LogP contribution in [0.4, 0.5) is 0 Å². The zero-order valence-electron chi connectivity index (χ0n) is 17.2. The van der Waals surface area contributed by atoms with Crippen LogP contribution < -0.4 is 10.6 Å². The van der Waals surface area contributed by atoms with Gasteiger partial charge in [-0.2, -0.15) is 0 Å². The van der Waals surface area contributed by atoms with Crippen molar-refractivity contribution in [1.82, 2.24) is 15.5 Å². The molecule has 1 heterocycles. The Labute approximate surface area is 187 Å². The Balaban J connectivity index is 0.00000392. The highest BCUT2D eigenvalue weighted by Crippen LogP contribution is 2.13. The van der Waals surface area contributed by atoms with Gasteiger partial charge in [0.15, 0.2) is 15.8 Å². The van der Waals surface area contributed by atoms with Crippen LogP contribution in [-0.2, 0) is 9.84 Å². The topological polar surface area (TPSA) is 73.8 Å². The second-order valence-electron chi connectivity index (χ2n) is 7.29. The molecule has 1 aromatic carbocycles. The molecule has 0 atom stereocenters. The SMILES string of the molecule is CCNC(=NCCCS(=O)(=O)c1ccccc1)NC1CCN(C(C)C)CC1.I. The molecular weight excluding hydrogens is 487 g/mol. The summed E-state index contributed by atoms with van der Waals surface area (Å²) in [6.45, 7) is 10.0. The van der Waals surface area contributed by atoms with Gasteiger partial charge < -0.3 is 15.5 Å². The molecule has 0 aromatic heterocycles. The molecule has 0 spiro atoms. The van der Waals surface area contributed by atoms with Gasteiger partial charge in [0, 0.05) is 38.3 Å². The highest BCUT2D eigenvalue weighted by atomic mass is 127. The van der Waals surface area contributed by atoms with Crippen LogP contribution >= 0.6 is 24.0 Å². The molecule has 1 saturated heterocycles. The lowest BCUT2D eigenvalue weighted by molar-refractivity contribution is 0.167. The van der Waals surface area contributed by atoms with Crippen molar-refractivity contribution in [1.29, 1.82) is 0 Å². The summed E-state index contributed by atoms with van der Waals surface area (Å²) in [5, 5.41) is 6.78. The van der Waals surface area contributed by atoms with Crippen LogP contribution in [0.2, 0.25) is 0 Å². The van der Waals surface area contributed by atoms with Crippen molar-refractivity contribution in [3.63, 3.8) is 0 Å². The summed E-state index contributed by atoms with van der Waals surface area (Å²) in [6, 6.07) is 9.64. The van der Waals surface area contributed by atoms with E-state index >= 15 is 0 Å². The maximum Gasteiger partial charge on any atom is 0.191 e. The molecule has 1 aliphatic heterocycles.